The van der Waals surface area contributed by atoms with Crippen molar-refractivity contribution in [3.05, 3.63) is 47.5 Å². The third-order valence-corrected chi connectivity index (χ3v) is 3.09. The predicted molar refractivity (Wildman–Crippen MR) is 82.6 cm³/mol. The summed E-state index contributed by atoms with van der Waals surface area (Å²) < 4.78 is 11.5. The van der Waals surface area contributed by atoms with E-state index < -0.39 is 0 Å². The summed E-state index contributed by atoms with van der Waals surface area (Å²) in [6.07, 6.45) is 0.960. The van der Waals surface area contributed by atoms with E-state index in [9.17, 15) is 0 Å². The highest BCUT2D eigenvalue weighted by molar-refractivity contribution is 5.51. The molecule has 0 fully saturated rings. The first-order chi connectivity index (χ1) is 9.58. The number of hydrogen-bond acceptors (Lipinski definition) is 3. The van der Waals surface area contributed by atoms with Crippen LogP contribution in [0.1, 0.15) is 24.5 Å². The van der Waals surface area contributed by atoms with Crippen molar-refractivity contribution in [1.29, 1.82) is 0 Å². The number of benzene rings is 2. The van der Waals surface area contributed by atoms with E-state index in [2.05, 4.69) is 20.8 Å². The first-order valence-corrected chi connectivity index (χ1v) is 6.87. The SMILES string of the molecule is CCCOc1cc(N)cc(Oc2ccc(C)c(C)c2)c1. The molecule has 0 atom stereocenters. The Morgan fingerprint density at radius 3 is 2.35 bits per heavy atom. The molecule has 2 rings (SSSR count). The molecule has 3 heteroatoms. The molecule has 0 saturated heterocycles. The Bertz CT molecular complexity index is 594. The van der Waals surface area contributed by atoms with Crippen LogP contribution in [0.5, 0.6) is 17.2 Å². The van der Waals surface area contributed by atoms with Crippen LogP contribution in [0.3, 0.4) is 0 Å². The molecule has 0 saturated carbocycles. The lowest BCUT2D eigenvalue weighted by atomic mass is 10.1. The van der Waals surface area contributed by atoms with Crippen molar-refractivity contribution in [2.24, 2.45) is 0 Å². The van der Waals surface area contributed by atoms with Crippen molar-refractivity contribution >= 4 is 5.69 Å². The van der Waals surface area contributed by atoms with Gasteiger partial charge in [-0.3, -0.25) is 0 Å². The molecule has 0 spiro atoms. The van der Waals surface area contributed by atoms with Gasteiger partial charge < -0.3 is 15.2 Å². The summed E-state index contributed by atoms with van der Waals surface area (Å²) in [5.74, 6) is 2.24. The highest BCUT2D eigenvalue weighted by Crippen LogP contribution is 2.29. The summed E-state index contributed by atoms with van der Waals surface area (Å²) in [7, 11) is 0. The van der Waals surface area contributed by atoms with E-state index in [4.69, 9.17) is 15.2 Å². The molecule has 0 heterocycles. The largest absolute Gasteiger partial charge is 0.493 e. The van der Waals surface area contributed by atoms with Crippen molar-refractivity contribution in [3.63, 3.8) is 0 Å². The zero-order chi connectivity index (χ0) is 14.5. The molecule has 2 aromatic rings. The van der Waals surface area contributed by atoms with E-state index in [1.165, 1.54) is 11.1 Å². The van der Waals surface area contributed by atoms with Gasteiger partial charge >= 0.3 is 0 Å². The second-order valence-electron chi connectivity index (χ2n) is 4.93. The third kappa shape index (κ3) is 3.67. The van der Waals surface area contributed by atoms with Gasteiger partial charge in [0.1, 0.15) is 17.2 Å². The highest BCUT2D eigenvalue weighted by Gasteiger charge is 2.04. The van der Waals surface area contributed by atoms with E-state index in [1.54, 1.807) is 6.07 Å². The van der Waals surface area contributed by atoms with Gasteiger partial charge in [-0.2, -0.15) is 0 Å². The van der Waals surface area contributed by atoms with Crippen molar-refractivity contribution in [1.82, 2.24) is 0 Å². The summed E-state index contributed by atoms with van der Waals surface area (Å²) >= 11 is 0. The van der Waals surface area contributed by atoms with E-state index in [0.717, 1.165) is 17.9 Å². The maximum Gasteiger partial charge on any atom is 0.133 e. The molecule has 106 valence electrons. The normalized spacial score (nSPS) is 10.3. The Balaban J connectivity index is 2.19. The second-order valence-corrected chi connectivity index (χ2v) is 4.93. The molecule has 0 aliphatic carbocycles. The van der Waals surface area contributed by atoms with Gasteiger partial charge in [-0.05, 0) is 43.5 Å². The molecule has 0 unspecified atom stereocenters. The molecular weight excluding hydrogens is 250 g/mol. The van der Waals surface area contributed by atoms with Gasteiger partial charge in [0.05, 0.1) is 6.61 Å². The minimum absolute atomic E-state index is 0.637. The molecule has 0 aromatic heterocycles. The molecule has 0 aliphatic rings. The molecule has 0 amide bonds. The van der Waals surface area contributed by atoms with E-state index in [1.807, 2.05) is 30.3 Å². The average Bonchev–Trinajstić information content (AvgIpc) is 2.40. The Hall–Kier alpha value is -2.16. The fraction of sp³-hybridized carbons (Fsp3) is 0.294. The first kappa shape index (κ1) is 14.3. The monoisotopic (exact) mass is 271 g/mol. The smallest absolute Gasteiger partial charge is 0.133 e. The molecule has 20 heavy (non-hydrogen) atoms. The number of nitrogen functional groups attached to an aromatic ring is 1. The van der Waals surface area contributed by atoms with Crippen LogP contribution in [-0.2, 0) is 0 Å². The number of anilines is 1. The second kappa shape index (κ2) is 6.33. The Morgan fingerprint density at radius 2 is 1.65 bits per heavy atom. The number of nitrogens with two attached hydrogens (primary N) is 1. The standard InChI is InChI=1S/C17H21NO2/c1-4-7-19-16-9-14(18)10-17(11-16)20-15-6-5-12(2)13(3)8-15/h5-6,8-11H,4,7,18H2,1-3H3. The predicted octanol–water partition coefficient (Wildman–Crippen LogP) is 4.47. The maximum absolute atomic E-state index is 5.88. The number of aryl methyl sites for hydroxylation is 2. The van der Waals surface area contributed by atoms with E-state index in [0.29, 0.717) is 18.0 Å². The summed E-state index contributed by atoms with van der Waals surface area (Å²) in [4.78, 5) is 0. The zero-order valence-electron chi connectivity index (χ0n) is 12.3. The van der Waals surface area contributed by atoms with Gasteiger partial charge in [0, 0.05) is 23.9 Å². The Kier molecular flexibility index (Phi) is 4.51. The molecule has 3 nitrogen and oxygen atoms in total. The average molecular weight is 271 g/mol. The van der Waals surface area contributed by atoms with Crippen LogP contribution < -0.4 is 15.2 Å². The molecule has 2 N–H and O–H groups in total. The van der Waals surface area contributed by atoms with E-state index in [-0.39, 0.29) is 0 Å². The van der Waals surface area contributed by atoms with Gasteiger partial charge in [-0.15, -0.1) is 0 Å². The highest BCUT2D eigenvalue weighted by atomic mass is 16.5. The molecule has 2 aromatic carbocycles. The Morgan fingerprint density at radius 1 is 0.900 bits per heavy atom. The first-order valence-electron chi connectivity index (χ1n) is 6.87. The summed E-state index contributed by atoms with van der Waals surface area (Å²) in [6, 6.07) is 11.5. The van der Waals surface area contributed by atoms with Crippen LogP contribution in [0.25, 0.3) is 0 Å². The van der Waals surface area contributed by atoms with Crippen LogP contribution >= 0.6 is 0 Å². The van der Waals surface area contributed by atoms with Crippen molar-refractivity contribution in [2.75, 3.05) is 12.3 Å². The van der Waals surface area contributed by atoms with Crippen LogP contribution in [0, 0.1) is 13.8 Å². The number of hydrogen-bond donors (Lipinski definition) is 1. The molecule has 0 radical (unpaired) electrons. The molecule has 0 aliphatic heterocycles. The number of rotatable bonds is 5. The fourth-order valence-corrected chi connectivity index (χ4v) is 1.87. The Labute approximate surface area is 120 Å². The third-order valence-electron chi connectivity index (χ3n) is 3.09. The van der Waals surface area contributed by atoms with Gasteiger partial charge in [0.15, 0.2) is 0 Å². The van der Waals surface area contributed by atoms with E-state index >= 15 is 0 Å². The van der Waals surface area contributed by atoms with Gasteiger partial charge in [-0.1, -0.05) is 13.0 Å². The maximum atomic E-state index is 5.88. The topological polar surface area (TPSA) is 44.5 Å². The van der Waals surface area contributed by atoms with Crippen molar-refractivity contribution in [2.45, 2.75) is 27.2 Å². The lowest BCUT2D eigenvalue weighted by Gasteiger charge is -2.11. The minimum atomic E-state index is 0.637. The van der Waals surface area contributed by atoms with Crippen LogP contribution in [0.4, 0.5) is 5.69 Å². The molecular formula is C17H21NO2. The number of ether oxygens (including phenoxy) is 2. The van der Waals surface area contributed by atoms with Crippen molar-refractivity contribution in [3.8, 4) is 17.2 Å². The summed E-state index contributed by atoms with van der Waals surface area (Å²) in [5.41, 5.74) is 8.97. The lowest BCUT2D eigenvalue weighted by Crippen LogP contribution is -1.97. The molecule has 0 bridgehead atoms. The zero-order valence-corrected chi connectivity index (χ0v) is 12.3. The fourth-order valence-electron chi connectivity index (χ4n) is 1.87. The van der Waals surface area contributed by atoms with Crippen LogP contribution in [-0.4, -0.2) is 6.61 Å². The van der Waals surface area contributed by atoms with Gasteiger partial charge in [0.25, 0.3) is 0 Å². The quantitative estimate of drug-likeness (QED) is 0.816. The lowest BCUT2D eigenvalue weighted by molar-refractivity contribution is 0.316. The van der Waals surface area contributed by atoms with Gasteiger partial charge in [-0.25, -0.2) is 0 Å². The van der Waals surface area contributed by atoms with Gasteiger partial charge in [0.2, 0.25) is 0 Å². The van der Waals surface area contributed by atoms with Crippen molar-refractivity contribution < 1.29 is 9.47 Å². The van der Waals surface area contributed by atoms with Crippen LogP contribution in [0.2, 0.25) is 0 Å². The van der Waals surface area contributed by atoms with Crippen LogP contribution in [0.15, 0.2) is 36.4 Å². The minimum Gasteiger partial charge on any atom is -0.493 e. The summed E-state index contributed by atoms with van der Waals surface area (Å²) in [6.45, 7) is 6.89. The summed E-state index contributed by atoms with van der Waals surface area (Å²) in [5, 5.41) is 0.